The number of anilines is 1. The number of H-pyrrole nitrogens is 1. The molecule has 0 spiro atoms. The number of aromatic amines is 1. The second-order valence-corrected chi connectivity index (χ2v) is 6.03. The van der Waals surface area contributed by atoms with E-state index in [2.05, 4.69) is 20.2 Å². The molecule has 4 rings (SSSR count). The Kier molecular flexibility index (Phi) is 4.17. The first-order valence-electron chi connectivity index (χ1n) is 8.17. The van der Waals surface area contributed by atoms with Crippen molar-refractivity contribution >= 4 is 6.01 Å². The number of rotatable bonds is 4. The van der Waals surface area contributed by atoms with E-state index < -0.39 is 6.43 Å². The van der Waals surface area contributed by atoms with Gasteiger partial charge in [0.1, 0.15) is 17.8 Å². The van der Waals surface area contributed by atoms with Crippen molar-refractivity contribution in [3.8, 4) is 11.4 Å². The van der Waals surface area contributed by atoms with Gasteiger partial charge in [-0.3, -0.25) is 5.10 Å². The molecule has 130 valence electrons. The summed E-state index contributed by atoms with van der Waals surface area (Å²) in [6, 6.07) is 10.1. The Labute approximate surface area is 142 Å². The van der Waals surface area contributed by atoms with Crippen LogP contribution >= 0.6 is 0 Å². The van der Waals surface area contributed by atoms with Gasteiger partial charge in [-0.25, -0.2) is 13.8 Å². The highest BCUT2D eigenvalue weighted by atomic mass is 19.3. The summed E-state index contributed by atoms with van der Waals surface area (Å²) < 4.78 is 30.4. The van der Waals surface area contributed by atoms with Crippen molar-refractivity contribution in [1.29, 1.82) is 0 Å². The van der Waals surface area contributed by atoms with Crippen LogP contribution in [0.3, 0.4) is 0 Å². The molecule has 3 aromatic rings. The van der Waals surface area contributed by atoms with Crippen molar-refractivity contribution in [3.63, 3.8) is 0 Å². The highest BCUT2D eigenvalue weighted by molar-refractivity contribution is 5.53. The van der Waals surface area contributed by atoms with Gasteiger partial charge in [-0.15, -0.1) is 0 Å². The largest absolute Gasteiger partial charge is 0.432 e. The molecule has 8 heteroatoms. The van der Waals surface area contributed by atoms with Gasteiger partial charge in [0.25, 0.3) is 12.4 Å². The molecule has 0 atom stereocenters. The number of alkyl halides is 2. The molecule has 1 saturated heterocycles. The lowest BCUT2D eigenvalue weighted by Gasteiger charge is -2.29. The lowest BCUT2D eigenvalue weighted by atomic mass is 9.96. The Hall–Kier alpha value is -2.77. The number of aromatic nitrogens is 4. The van der Waals surface area contributed by atoms with Gasteiger partial charge in [0, 0.05) is 24.6 Å². The van der Waals surface area contributed by atoms with Crippen LogP contribution in [0.2, 0.25) is 0 Å². The van der Waals surface area contributed by atoms with Crippen LogP contribution in [0.15, 0.2) is 41.0 Å². The Bertz CT molecular complexity index is 824. The Morgan fingerprint density at radius 3 is 2.56 bits per heavy atom. The van der Waals surface area contributed by atoms with Crippen molar-refractivity contribution in [1.82, 2.24) is 20.2 Å². The number of hydrogen-bond donors (Lipinski definition) is 1. The first kappa shape index (κ1) is 15.7. The predicted octanol–water partition coefficient (Wildman–Crippen LogP) is 3.78. The summed E-state index contributed by atoms with van der Waals surface area (Å²) in [7, 11) is 0. The van der Waals surface area contributed by atoms with Crippen molar-refractivity contribution in [2.75, 3.05) is 18.0 Å². The van der Waals surface area contributed by atoms with Crippen molar-refractivity contribution < 1.29 is 13.2 Å². The number of oxazole rings is 1. The van der Waals surface area contributed by atoms with E-state index in [4.69, 9.17) is 4.42 Å². The summed E-state index contributed by atoms with van der Waals surface area (Å²) >= 11 is 0. The monoisotopic (exact) mass is 345 g/mol. The first-order chi connectivity index (χ1) is 12.2. The molecule has 2 aromatic heterocycles. The van der Waals surface area contributed by atoms with Gasteiger partial charge in [-0.05, 0) is 12.8 Å². The molecule has 0 saturated carbocycles. The fraction of sp³-hybridized carbons (Fsp3) is 0.353. The van der Waals surface area contributed by atoms with Crippen LogP contribution in [0, 0.1) is 0 Å². The molecular weight excluding hydrogens is 328 g/mol. The molecule has 1 fully saturated rings. The Morgan fingerprint density at radius 1 is 1.12 bits per heavy atom. The van der Waals surface area contributed by atoms with Crippen molar-refractivity contribution in [2.45, 2.75) is 25.2 Å². The number of benzene rings is 1. The van der Waals surface area contributed by atoms with E-state index in [1.165, 1.54) is 0 Å². The molecular formula is C17H17F2N5O. The summed E-state index contributed by atoms with van der Waals surface area (Å²) in [5.41, 5.74) is 0.654. The zero-order valence-electron chi connectivity index (χ0n) is 13.4. The summed E-state index contributed by atoms with van der Waals surface area (Å²) in [6.07, 6.45) is 0.0703. The van der Waals surface area contributed by atoms with Crippen LogP contribution in [0.5, 0.6) is 0 Å². The topological polar surface area (TPSA) is 70.8 Å². The fourth-order valence-corrected chi connectivity index (χ4v) is 3.04. The molecule has 6 nitrogen and oxygen atoms in total. The van der Waals surface area contributed by atoms with Gasteiger partial charge in [0.05, 0.1) is 0 Å². The molecule has 25 heavy (non-hydrogen) atoms. The van der Waals surface area contributed by atoms with Crippen molar-refractivity contribution in [2.24, 2.45) is 0 Å². The van der Waals surface area contributed by atoms with E-state index in [9.17, 15) is 8.78 Å². The summed E-state index contributed by atoms with van der Waals surface area (Å²) in [4.78, 5) is 10.3. The normalized spacial score (nSPS) is 15.9. The molecule has 3 heterocycles. The molecule has 1 aromatic carbocycles. The molecule has 0 bridgehead atoms. The van der Waals surface area contributed by atoms with Gasteiger partial charge < -0.3 is 9.32 Å². The average molecular weight is 345 g/mol. The fourth-order valence-electron chi connectivity index (χ4n) is 3.04. The third-order valence-corrected chi connectivity index (χ3v) is 4.42. The van der Waals surface area contributed by atoms with E-state index in [-0.39, 0.29) is 17.6 Å². The lowest BCUT2D eigenvalue weighted by Crippen LogP contribution is -2.33. The molecule has 1 N–H and O–H groups in total. The highest BCUT2D eigenvalue weighted by Crippen LogP contribution is 2.30. The average Bonchev–Trinajstić information content (AvgIpc) is 3.33. The van der Waals surface area contributed by atoms with Gasteiger partial charge in [0.2, 0.25) is 0 Å². The number of halogens is 2. The quantitative estimate of drug-likeness (QED) is 0.779. The maximum absolute atomic E-state index is 12.6. The van der Waals surface area contributed by atoms with E-state index >= 15 is 0 Å². The summed E-state index contributed by atoms with van der Waals surface area (Å²) in [5, 5.41) is 7.33. The minimum atomic E-state index is -2.61. The number of nitrogens with one attached hydrogen (secondary N) is 1. The molecule has 1 aliphatic heterocycles. The van der Waals surface area contributed by atoms with E-state index in [1.54, 1.807) is 0 Å². The second-order valence-electron chi connectivity index (χ2n) is 6.03. The van der Waals surface area contributed by atoms with E-state index in [0.717, 1.165) is 30.5 Å². The highest BCUT2D eigenvalue weighted by Gasteiger charge is 2.26. The number of nitrogens with zero attached hydrogens (tertiary/aromatic N) is 4. The SMILES string of the molecule is FC(F)c1coc(N2CCC(c3nc(-c4ccccc4)n[nH]3)CC2)n1. The Morgan fingerprint density at radius 2 is 1.88 bits per heavy atom. The first-order valence-corrected chi connectivity index (χ1v) is 8.17. The van der Waals surface area contributed by atoms with E-state index in [1.807, 2.05) is 35.2 Å². The van der Waals surface area contributed by atoms with Crippen LogP contribution in [-0.2, 0) is 0 Å². The molecule has 0 unspecified atom stereocenters. The van der Waals surface area contributed by atoms with Crippen molar-refractivity contribution in [3.05, 3.63) is 48.1 Å². The van der Waals surface area contributed by atoms with Crippen LogP contribution in [0.1, 0.15) is 36.7 Å². The molecule has 0 radical (unpaired) electrons. The van der Waals surface area contributed by atoms with Gasteiger partial charge in [0.15, 0.2) is 5.82 Å². The summed E-state index contributed by atoms with van der Waals surface area (Å²) in [5.74, 6) is 1.80. The smallest absolute Gasteiger partial charge is 0.297 e. The van der Waals surface area contributed by atoms with Crippen LogP contribution in [0.4, 0.5) is 14.8 Å². The minimum Gasteiger partial charge on any atom is -0.432 e. The number of hydrogen-bond acceptors (Lipinski definition) is 5. The maximum Gasteiger partial charge on any atom is 0.297 e. The van der Waals surface area contributed by atoms with Gasteiger partial charge in [-0.2, -0.15) is 10.1 Å². The zero-order valence-corrected chi connectivity index (χ0v) is 13.4. The zero-order chi connectivity index (χ0) is 17.2. The molecule has 0 amide bonds. The van der Waals surface area contributed by atoms with Gasteiger partial charge in [-0.1, -0.05) is 30.3 Å². The van der Waals surface area contributed by atoms with E-state index in [0.29, 0.717) is 18.9 Å². The van der Waals surface area contributed by atoms with Gasteiger partial charge >= 0.3 is 0 Å². The maximum atomic E-state index is 12.6. The molecule has 1 aliphatic rings. The Balaban J connectivity index is 1.41. The predicted molar refractivity (Wildman–Crippen MR) is 87.5 cm³/mol. The summed E-state index contributed by atoms with van der Waals surface area (Å²) in [6.45, 7) is 1.35. The minimum absolute atomic E-state index is 0.255. The number of piperidine rings is 1. The van der Waals surface area contributed by atoms with Crippen LogP contribution in [-0.4, -0.2) is 33.3 Å². The third-order valence-electron chi connectivity index (χ3n) is 4.42. The van der Waals surface area contributed by atoms with Crippen LogP contribution in [0.25, 0.3) is 11.4 Å². The lowest BCUT2D eigenvalue weighted by molar-refractivity contribution is 0.146. The standard InChI is InChI=1S/C17H17F2N5O/c18-14(19)13-10-25-17(20-13)24-8-6-12(7-9-24)16-21-15(22-23-16)11-4-2-1-3-5-11/h1-5,10,12,14H,6-9H2,(H,21,22,23). The third kappa shape index (κ3) is 3.24. The second kappa shape index (κ2) is 6.62. The molecule has 0 aliphatic carbocycles. The van der Waals surface area contributed by atoms with Crippen LogP contribution < -0.4 is 4.90 Å².